The van der Waals surface area contributed by atoms with Crippen LogP contribution >= 0.6 is 0 Å². The summed E-state index contributed by atoms with van der Waals surface area (Å²) in [6.45, 7) is 2.05. The highest BCUT2D eigenvalue weighted by Crippen LogP contribution is 2.07. The molecule has 1 rings (SSSR count). The molecule has 10 heavy (non-hydrogen) atoms. The molecule has 0 saturated heterocycles. The Morgan fingerprint density at radius 2 is 2.50 bits per heavy atom. The molecular formula is C8H11N2. The predicted molar refractivity (Wildman–Crippen MR) is 41.1 cm³/mol. The first-order chi connectivity index (χ1) is 4.84. The number of hydrogen-bond acceptors (Lipinski definition) is 2. The van der Waals surface area contributed by atoms with Crippen LogP contribution in [-0.2, 0) is 0 Å². The molecule has 0 aromatic carbocycles. The minimum atomic E-state index is 0.286. The summed E-state index contributed by atoms with van der Waals surface area (Å²) in [5, 5.41) is 2.89. The highest BCUT2D eigenvalue weighted by Gasteiger charge is 1.98. The van der Waals surface area contributed by atoms with Crippen LogP contribution in [0.15, 0.2) is 24.5 Å². The van der Waals surface area contributed by atoms with Gasteiger partial charge in [0.1, 0.15) is 0 Å². The van der Waals surface area contributed by atoms with Crippen LogP contribution < -0.4 is 5.32 Å². The molecule has 1 radical (unpaired) electrons. The molecule has 2 nitrogen and oxygen atoms in total. The van der Waals surface area contributed by atoms with Gasteiger partial charge in [-0.2, -0.15) is 0 Å². The summed E-state index contributed by atoms with van der Waals surface area (Å²) in [5.41, 5.74) is 1.16. The van der Waals surface area contributed by atoms with Crippen molar-refractivity contribution in [3.8, 4) is 0 Å². The quantitative estimate of drug-likeness (QED) is 0.665. The van der Waals surface area contributed by atoms with Crippen molar-refractivity contribution in [3.63, 3.8) is 0 Å². The fourth-order valence-electron chi connectivity index (χ4n) is 0.750. The molecule has 0 fully saturated rings. The van der Waals surface area contributed by atoms with Crippen LogP contribution in [0.4, 0.5) is 0 Å². The Balaban J connectivity index is 2.75. The second-order valence-corrected chi connectivity index (χ2v) is 2.21. The van der Waals surface area contributed by atoms with Gasteiger partial charge in [-0.3, -0.25) is 4.98 Å². The van der Waals surface area contributed by atoms with Gasteiger partial charge in [-0.25, -0.2) is 0 Å². The molecular weight excluding hydrogens is 124 g/mol. The SMILES string of the molecule is [CH2]NC(C)c1cccnc1. The molecule has 0 bridgehead atoms. The molecule has 0 aliphatic heterocycles. The minimum absolute atomic E-state index is 0.286. The Bertz CT molecular complexity index is 184. The summed E-state index contributed by atoms with van der Waals surface area (Å²) in [6.07, 6.45) is 3.60. The third kappa shape index (κ3) is 1.54. The van der Waals surface area contributed by atoms with Crippen molar-refractivity contribution < 1.29 is 0 Å². The van der Waals surface area contributed by atoms with Gasteiger partial charge in [-0.05, 0) is 18.6 Å². The normalized spacial score (nSPS) is 13.0. The second kappa shape index (κ2) is 3.32. The molecule has 0 spiro atoms. The molecule has 1 atom stereocenters. The van der Waals surface area contributed by atoms with Crippen LogP contribution in [0.3, 0.4) is 0 Å². The van der Waals surface area contributed by atoms with Crippen molar-refractivity contribution in [2.45, 2.75) is 13.0 Å². The smallest absolute Gasteiger partial charge is 0.0315 e. The molecule has 0 aliphatic rings. The van der Waals surface area contributed by atoms with E-state index in [-0.39, 0.29) is 6.04 Å². The highest BCUT2D eigenvalue weighted by molar-refractivity contribution is 5.12. The maximum absolute atomic E-state index is 3.99. The first-order valence-electron chi connectivity index (χ1n) is 3.27. The molecule has 1 aromatic heterocycles. The van der Waals surface area contributed by atoms with Gasteiger partial charge in [-0.1, -0.05) is 6.07 Å². The van der Waals surface area contributed by atoms with Crippen molar-refractivity contribution in [1.29, 1.82) is 0 Å². The molecule has 2 heteroatoms. The molecule has 0 amide bonds. The average Bonchev–Trinajstić information content (AvgIpc) is 2.05. The van der Waals surface area contributed by atoms with Crippen molar-refractivity contribution in [2.75, 3.05) is 0 Å². The van der Waals surface area contributed by atoms with Crippen LogP contribution in [-0.4, -0.2) is 4.98 Å². The Hall–Kier alpha value is -0.890. The predicted octanol–water partition coefficient (Wildman–Crippen LogP) is 1.52. The van der Waals surface area contributed by atoms with Crippen molar-refractivity contribution in [3.05, 3.63) is 37.1 Å². The van der Waals surface area contributed by atoms with Gasteiger partial charge in [-0.15, -0.1) is 0 Å². The lowest BCUT2D eigenvalue weighted by Crippen LogP contribution is -2.09. The van der Waals surface area contributed by atoms with E-state index >= 15 is 0 Å². The van der Waals surface area contributed by atoms with Crippen molar-refractivity contribution >= 4 is 0 Å². The van der Waals surface area contributed by atoms with E-state index in [1.54, 1.807) is 6.20 Å². The number of pyridine rings is 1. The fourth-order valence-corrected chi connectivity index (χ4v) is 0.750. The summed E-state index contributed by atoms with van der Waals surface area (Å²) in [5.74, 6) is 0. The van der Waals surface area contributed by atoms with Crippen LogP contribution in [0, 0.1) is 7.05 Å². The lowest BCUT2D eigenvalue weighted by molar-refractivity contribution is 0.680. The lowest BCUT2D eigenvalue weighted by atomic mass is 10.1. The lowest BCUT2D eigenvalue weighted by Gasteiger charge is -2.07. The van der Waals surface area contributed by atoms with Crippen LogP contribution in [0.2, 0.25) is 0 Å². The summed E-state index contributed by atoms with van der Waals surface area (Å²) in [7, 11) is 3.58. The largest absolute Gasteiger partial charge is 0.309 e. The average molecular weight is 135 g/mol. The minimum Gasteiger partial charge on any atom is -0.309 e. The Labute approximate surface area is 61.3 Å². The van der Waals surface area contributed by atoms with Crippen molar-refractivity contribution in [2.24, 2.45) is 0 Å². The second-order valence-electron chi connectivity index (χ2n) is 2.21. The van der Waals surface area contributed by atoms with Gasteiger partial charge in [0.15, 0.2) is 0 Å². The van der Waals surface area contributed by atoms with E-state index < -0.39 is 0 Å². The van der Waals surface area contributed by atoms with E-state index in [1.165, 1.54) is 0 Å². The van der Waals surface area contributed by atoms with Crippen LogP contribution in [0.25, 0.3) is 0 Å². The molecule has 0 saturated carbocycles. The van der Waals surface area contributed by atoms with Gasteiger partial charge in [0.2, 0.25) is 0 Å². The van der Waals surface area contributed by atoms with E-state index in [0.29, 0.717) is 0 Å². The third-order valence-corrected chi connectivity index (χ3v) is 1.49. The zero-order chi connectivity index (χ0) is 7.40. The third-order valence-electron chi connectivity index (χ3n) is 1.49. The monoisotopic (exact) mass is 135 g/mol. The maximum Gasteiger partial charge on any atom is 0.0315 e. The van der Waals surface area contributed by atoms with Gasteiger partial charge in [0.05, 0.1) is 0 Å². The Morgan fingerprint density at radius 1 is 1.70 bits per heavy atom. The van der Waals surface area contributed by atoms with Crippen LogP contribution in [0.1, 0.15) is 18.5 Å². The molecule has 1 aromatic rings. The Morgan fingerprint density at radius 3 is 3.00 bits per heavy atom. The Kier molecular flexibility index (Phi) is 2.40. The standard InChI is InChI=1S/C8H11N2/c1-7(9-2)8-4-3-5-10-6-8/h3-7,9H,2H2,1H3. The van der Waals surface area contributed by atoms with Crippen molar-refractivity contribution in [1.82, 2.24) is 10.3 Å². The summed E-state index contributed by atoms with van der Waals surface area (Å²) in [4.78, 5) is 3.99. The summed E-state index contributed by atoms with van der Waals surface area (Å²) in [6, 6.07) is 4.23. The number of aromatic nitrogens is 1. The fraction of sp³-hybridized carbons (Fsp3) is 0.250. The van der Waals surface area contributed by atoms with E-state index in [4.69, 9.17) is 0 Å². The van der Waals surface area contributed by atoms with E-state index in [0.717, 1.165) is 5.56 Å². The zero-order valence-electron chi connectivity index (χ0n) is 6.04. The van der Waals surface area contributed by atoms with Crippen LogP contribution in [0.5, 0.6) is 0 Å². The molecule has 1 N–H and O–H groups in total. The van der Waals surface area contributed by atoms with E-state index in [9.17, 15) is 0 Å². The molecule has 1 unspecified atom stereocenters. The van der Waals surface area contributed by atoms with E-state index in [1.807, 2.05) is 25.3 Å². The topological polar surface area (TPSA) is 24.9 Å². The molecule has 1 heterocycles. The molecule has 53 valence electrons. The first kappa shape index (κ1) is 7.22. The van der Waals surface area contributed by atoms with Gasteiger partial charge < -0.3 is 5.32 Å². The van der Waals surface area contributed by atoms with Gasteiger partial charge in [0, 0.05) is 25.5 Å². The first-order valence-corrected chi connectivity index (χ1v) is 3.27. The molecule has 0 aliphatic carbocycles. The van der Waals surface area contributed by atoms with Gasteiger partial charge in [0.25, 0.3) is 0 Å². The van der Waals surface area contributed by atoms with E-state index in [2.05, 4.69) is 17.3 Å². The number of rotatable bonds is 2. The number of nitrogens with zero attached hydrogens (tertiary/aromatic N) is 1. The van der Waals surface area contributed by atoms with Gasteiger partial charge >= 0.3 is 0 Å². The summed E-state index contributed by atoms with van der Waals surface area (Å²) < 4.78 is 0. The summed E-state index contributed by atoms with van der Waals surface area (Å²) >= 11 is 0. The zero-order valence-corrected chi connectivity index (χ0v) is 6.04. The number of hydrogen-bond donors (Lipinski definition) is 1. The maximum atomic E-state index is 3.99. The highest BCUT2D eigenvalue weighted by atomic mass is 14.9. The number of nitrogens with one attached hydrogen (secondary N) is 1.